The molecule has 1 amide bonds. The standard InChI is InChI=1S/C14H20N2O2S.ClH/c15-10-11-6-7-13(18-11)14(17)16-8-9-19-12-4-2-1-3-5-12;/h1-5,11,13H,6-10,15H2,(H,16,17);1H/t11-,13+;/m1./s1. The summed E-state index contributed by atoms with van der Waals surface area (Å²) in [4.78, 5) is 13.1. The quantitative estimate of drug-likeness (QED) is 0.621. The van der Waals surface area contributed by atoms with E-state index in [4.69, 9.17) is 10.5 Å². The van der Waals surface area contributed by atoms with E-state index in [1.807, 2.05) is 18.2 Å². The summed E-state index contributed by atoms with van der Waals surface area (Å²) in [6.07, 6.45) is 1.40. The lowest BCUT2D eigenvalue weighted by atomic mass is 10.2. The molecule has 1 aromatic carbocycles. The van der Waals surface area contributed by atoms with Crippen LogP contribution in [0, 0.1) is 0 Å². The summed E-state index contributed by atoms with van der Waals surface area (Å²) < 4.78 is 5.54. The van der Waals surface area contributed by atoms with E-state index in [0.29, 0.717) is 13.1 Å². The Bertz CT molecular complexity index is 405. The molecule has 1 aliphatic heterocycles. The summed E-state index contributed by atoms with van der Waals surface area (Å²) in [7, 11) is 0. The molecule has 1 aromatic rings. The van der Waals surface area contributed by atoms with E-state index in [9.17, 15) is 4.79 Å². The third-order valence-electron chi connectivity index (χ3n) is 3.08. The van der Waals surface area contributed by atoms with Crippen LogP contribution in [0.5, 0.6) is 0 Å². The predicted molar refractivity (Wildman–Crippen MR) is 84.4 cm³/mol. The minimum atomic E-state index is -0.310. The molecular formula is C14H21ClN2O2S. The van der Waals surface area contributed by atoms with Gasteiger partial charge in [0.2, 0.25) is 5.91 Å². The van der Waals surface area contributed by atoms with Crippen LogP contribution < -0.4 is 11.1 Å². The number of carbonyl (C=O) groups is 1. The van der Waals surface area contributed by atoms with E-state index < -0.39 is 0 Å². The number of ether oxygens (including phenoxy) is 1. The molecule has 1 aliphatic rings. The van der Waals surface area contributed by atoms with Crippen molar-refractivity contribution in [2.24, 2.45) is 5.73 Å². The fraction of sp³-hybridized carbons (Fsp3) is 0.500. The monoisotopic (exact) mass is 316 g/mol. The van der Waals surface area contributed by atoms with Crippen molar-refractivity contribution in [1.82, 2.24) is 5.32 Å². The molecule has 0 unspecified atom stereocenters. The molecule has 20 heavy (non-hydrogen) atoms. The maximum atomic E-state index is 11.8. The minimum Gasteiger partial charge on any atom is -0.364 e. The molecule has 2 rings (SSSR count). The number of thioether (sulfide) groups is 1. The maximum Gasteiger partial charge on any atom is 0.249 e. The molecule has 2 atom stereocenters. The molecule has 1 heterocycles. The Kier molecular flexibility index (Phi) is 7.99. The van der Waals surface area contributed by atoms with Gasteiger partial charge in [0.1, 0.15) is 6.10 Å². The number of hydrogen-bond acceptors (Lipinski definition) is 4. The van der Waals surface area contributed by atoms with Crippen LogP contribution in [0.15, 0.2) is 35.2 Å². The molecule has 0 saturated carbocycles. The molecule has 3 N–H and O–H groups in total. The smallest absolute Gasteiger partial charge is 0.249 e. The lowest BCUT2D eigenvalue weighted by Gasteiger charge is -2.12. The van der Waals surface area contributed by atoms with Gasteiger partial charge in [-0.15, -0.1) is 24.2 Å². The van der Waals surface area contributed by atoms with Crippen LogP contribution in [0.25, 0.3) is 0 Å². The summed E-state index contributed by atoms with van der Waals surface area (Å²) in [6, 6.07) is 10.2. The lowest BCUT2D eigenvalue weighted by Crippen LogP contribution is -2.36. The zero-order valence-corrected chi connectivity index (χ0v) is 12.9. The zero-order chi connectivity index (χ0) is 13.5. The summed E-state index contributed by atoms with van der Waals surface area (Å²) >= 11 is 1.73. The van der Waals surface area contributed by atoms with Crippen molar-refractivity contribution in [2.75, 3.05) is 18.8 Å². The molecule has 112 valence electrons. The molecule has 4 nitrogen and oxygen atoms in total. The predicted octanol–water partition coefficient (Wildman–Crippen LogP) is 1.82. The highest BCUT2D eigenvalue weighted by molar-refractivity contribution is 7.99. The maximum absolute atomic E-state index is 11.8. The fourth-order valence-electron chi connectivity index (χ4n) is 2.05. The number of carbonyl (C=O) groups excluding carboxylic acids is 1. The van der Waals surface area contributed by atoms with Gasteiger partial charge in [-0.25, -0.2) is 0 Å². The first kappa shape index (κ1) is 17.3. The van der Waals surface area contributed by atoms with Gasteiger partial charge in [-0.2, -0.15) is 0 Å². The molecule has 1 fully saturated rings. The Morgan fingerprint density at radius 2 is 2.10 bits per heavy atom. The van der Waals surface area contributed by atoms with Crippen molar-refractivity contribution in [1.29, 1.82) is 0 Å². The van der Waals surface area contributed by atoms with Crippen LogP contribution in [0.4, 0.5) is 0 Å². The van der Waals surface area contributed by atoms with Crippen molar-refractivity contribution in [2.45, 2.75) is 29.9 Å². The highest BCUT2D eigenvalue weighted by Gasteiger charge is 2.29. The topological polar surface area (TPSA) is 64.4 Å². The van der Waals surface area contributed by atoms with Crippen molar-refractivity contribution < 1.29 is 9.53 Å². The van der Waals surface area contributed by atoms with E-state index in [-0.39, 0.29) is 30.5 Å². The number of hydrogen-bond donors (Lipinski definition) is 2. The van der Waals surface area contributed by atoms with E-state index in [0.717, 1.165) is 18.6 Å². The van der Waals surface area contributed by atoms with Crippen LogP contribution in [0.3, 0.4) is 0 Å². The Morgan fingerprint density at radius 3 is 2.75 bits per heavy atom. The number of amides is 1. The first-order valence-corrected chi connectivity index (χ1v) is 7.59. The van der Waals surface area contributed by atoms with Gasteiger partial charge in [-0.05, 0) is 25.0 Å². The average Bonchev–Trinajstić information content (AvgIpc) is 2.93. The van der Waals surface area contributed by atoms with E-state index in [1.165, 1.54) is 4.90 Å². The second-order valence-electron chi connectivity index (χ2n) is 4.51. The van der Waals surface area contributed by atoms with Gasteiger partial charge in [0, 0.05) is 23.7 Å². The molecule has 0 radical (unpaired) electrons. The fourth-order valence-corrected chi connectivity index (χ4v) is 2.84. The molecule has 6 heteroatoms. The zero-order valence-electron chi connectivity index (χ0n) is 11.3. The van der Waals surface area contributed by atoms with Crippen LogP contribution >= 0.6 is 24.2 Å². The van der Waals surface area contributed by atoms with Crippen molar-refractivity contribution in [3.05, 3.63) is 30.3 Å². The highest BCUT2D eigenvalue weighted by Crippen LogP contribution is 2.19. The first-order chi connectivity index (χ1) is 9.29. The highest BCUT2D eigenvalue weighted by atomic mass is 35.5. The van der Waals surface area contributed by atoms with Crippen LogP contribution in [0.1, 0.15) is 12.8 Å². The van der Waals surface area contributed by atoms with Crippen LogP contribution in [-0.4, -0.2) is 37.0 Å². The van der Waals surface area contributed by atoms with Gasteiger partial charge in [-0.1, -0.05) is 18.2 Å². The Morgan fingerprint density at radius 1 is 1.35 bits per heavy atom. The van der Waals surface area contributed by atoms with Crippen molar-refractivity contribution in [3.8, 4) is 0 Å². The Hall–Kier alpha value is -0.750. The summed E-state index contributed by atoms with van der Waals surface area (Å²) in [6.45, 7) is 1.15. The van der Waals surface area contributed by atoms with Gasteiger partial charge >= 0.3 is 0 Å². The van der Waals surface area contributed by atoms with Gasteiger partial charge in [-0.3, -0.25) is 4.79 Å². The first-order valence-electron chi connectivity index (χ1n) is 6.60. The van der Waals surface area contributed by atoms with Crippen molar-refractivity contribution in [3.63, 3.8) is 0 Å². The summed E-state index contributed by atoms with van der Waals surface area (Å²) in [5, 5.41) is 2.91. The normalized spacial score (nSPS) is 21.2. The third kappa shape index (κ3) is 5.32. The minimum absolute atomic E-state index is 0. The molecule has 0 aromatic heterocycles. The van der Waals surface area contributed by atoms with Gasteiger partial charge in [0.15, 0.2) is 0 Å². The summed E-state index contributed by atoms with van der Waals surface area (Å²) in [5.41, 5.74) is 5.52. The van der Waals surface area contributed by atoms with Gasteiger partial charge < -0.3 is 15.8 Å². The number of nitrogens with two attached hydrogens (primary N) is 1. The summed E-state index contributed by atoms with van der Waals surface area (Å²) in [5.74, 6) is 0.854. The largest absolute Gasteiger partial charge is 0.364 e. The Labute approximate surface area is 130 Å². The van der Waals surface area contributed by atoms with E-state index in [1.54, 1.807) is 11.8 Å². The molecule has 0 spiro atoms. The van der Waals surface area contributed by atoms with Gasteiger partial charge in [0.05, 0.1) is 6.10 Å². The molecule has 1 saturated heterocycles. The second kappa shape index (κ2) is 9.23. The van der Waals surface area contributed by atoms with Crippen LogP contribution in [-0.2, 0) is 9.53 Å². The molecular weight excluding hydrogens is 296 g/mol. The SMILES string of the molecule is Cl.NC[C@H]1CC[C@@H](C(=O)NCCSc2ccccc2)O1. The number of rotatable bonds is 6. The third-order valence-corrected chi connectivity index (χ3v) is 4.09. The van der Waals surface area contributed by atoms with E-state index >= 15 is 0 Å². The van der Waals surface area contributed by atoms with E-state index in [2.05, 4.69) is 17.4 Å². The number of halogens is 1. The Balaban J connectivity index is 0.00000200. The van der Waals surface area contributed by atoms with Gasteiger partial charge in [0.25, 0.3) is 0 Å². The lowest BCUT2D eigenvalue weighted by molar-refractivity contribution is -0.131. The van der Waals surface area contributed by atoms with Crippen LogP contribution in [0.2, 0.25) is 0 Å². The van der Waals surface area contributed by atoms with Crippen molar-refractivity contribution >= 4 is 30.1 Å². The number of nitrogens with one attached hydrogen (secondary N) is 1. The molecule has 0 bridgehead atoms. The molecule has 0 aliphatic carbocycles. The second-order valence-corrected chi connectivity index (χ2v) is 5.68. The number of benzene rings is 1. The average molecular weight is 317 g/mol.